The fourth-order valence-electron chi connectivity index (χ4n) is 6.65. The van der Waals surface area contributed by atoms with Crippen LogP contribution in [-0.4, -0.2) is 72.0 Å². The first-order valence-electron chi connectivity index (χ1n) is 14.7. The summed E-state index contributed by atoms with van der Waals surface area (Å²) in [4.78, 5) is 21.2. The molecule has 3 aliphatic rings. The molecule has 0 saturated carbocycles. The third kappa shape index (κ3) is 6.74. The van der Waals surface area contributed by atoms with Gasteiger partial charge in [-0.25, -0.2) is 0 Å². The molecule has 2 saturated heterocycles. The number of rotatable bonds is 6. The lowest BCUT2D eigenvalue weighted by Crippen LogP contribution is -2.48. The Morgan fingerprint density at radius 3 is 2.43 bits per heavy atom. The molecule has 5 heteroatoms. The first-order valence-corrected chi connectivity index (χ1v) is 14.7. The second-order valence-electron chi connectivity index (χ2n) is 11.9. The molecule has 2 atom stereocenters. The largest absolute Gasteiger partial charge is 0.385 e. The lowest BCUT2D eigenvalue weighted by molar-refractivity contribution is -0.134. The maximum atomic E-state index is 13.9. The molecule has 2 aromatic carbocycles. The minimum atomic E-state index is 0.291. The van der Waals surface area contributed by atoms with Crippen molar-refractivity contribution in [1.82, 2.24) is 14.7 Å². The van der Waals surface area contributed by atoms with Crippen molar-refractivity contribution in [2.75, 3.05) is 44.6 Å². The van der Waals surface area contributed by atoms with E-state index in [9.17, 15) is 4.79 Å². The Labute approximate surface area is 224 Å². The topological polar surface area (TPSA) is 38.8 Å². The first-order chi connectivity index (χ1) is 18.1. The van der Waals surface area contributed by atoms with E-state index in [2.05, 4.69) is 88.5 Å². The van der Waals surface area contributed by atoms with Crippen molar-refractivity contribution in [3.05, 3.63) is 65.7 Å². The number of hydrogen-bond acceptors (Lipinski definition) is 4. The van der Waals surface area contributed by atoms with E-state index in [4.69, 9.17) is 0 Å². The average Bonchev–Trinajstić information content (AvgIpc) is 3.28. The molecule has 37 heavy (non-hydrogen) atoms. The second-order valence-corrected chi connectivity index (χ2v) is 11.9. The van der Waals surface area contributed by atoms with E-state index in [-0.39, 0.29) is 0 Å². The molecular formula is C32H46N4O. The second kappa shape index (κ2) is 12.4. The van der Waals surface area contributed by atoms with Crippen LogP contribution in [0, 0.1) is 5.92 Å². The van der Waals surface area contributed by atoms with Crippen molar-refractivity contribution < 1.29 is 4.79 Å². The molecule has 0 radical (unpaired) electrons. The Hall–Kier alpha value is -2.37. The van der Waals surface area contributed by atoms with Gasteiger partial charge in [-0.05, 0) is 87.2 Å². The Balaban J connectivity index is 1.28. The summed E-state index contributed by atoms with van der Waals surface area (Å²) >= 11 is 0. The average molecular weight is 503 g/mol. The van der Waals surface area contributed by atoms with Crippen molar-refractivity contribution in [2.45, 2.75) is 76.9 Å². The highest BCUT2D eigenvalue weighted by Gasteiger charge is 2.35. The van der Waals surface area contributed by atoms with Crippen LogP contribution in [0.1, 0.15) is 69.4 Å². The van der Waals surface area contributed by atoms with Gasteiger partial charge in [-0.15, -0.1) is 0 Å². The van der Waals surface area contributed by atoms with Gasteiger partial charge in [0.2, 0.25) is 5.91 Å². The van der Waals surface area contributed by atoms with Crippen molar-refractivity contribution in [3.8, 4) is 0 Å². The third-order valence-corrected chi connectivity index (χ3v) is 8.91. The van der Waals surface area contributed by atoms with Crippen LogP contribution in [-0.2, 0) is 11.3 Å². The van der Waals surface area contributed by atoms with Gasteiger partial charge in [0, 0.05) is 37.4 Å². The molecule has 0 aromatic heterocycles. The van der Waals surface area contributed by atoms with Gasteiger partial charge < -0.3 is 10.2 Å². The number of benzene rings is 2. The summed E-state index contributed by atoms with van der Waals surface area (Å²) < 4.78 is 0. The van der Waals surface area contributed by atoms with Gasteiger partial charge in [0.25, 0.3) is 0 Å². The first kappa shape index (κ1) is 26.2. The summed E-state index contributed by atoms with van der Waals surface area (Å²) in [7, 11) is 0. The van der Waals surface area contributed by atoms with Crippen molar-refractivity contribution in [3.63, 3.8) is 0 Å². The lowest BCUT2D eigenvalue weighted by atomic mass is 9.89. The minimum absolute atomic E-state index is 0.291. The van der Waals surface area contributed by atoms with Gasteiger partial charge in [0.05, 0.1) is 6.54 Å². The number of carbonyl (C=O) groups is 1. The van der Waals surface area contributed by atoms with Crippen LogP contribution in [0.15, 0.2) is 54.6 Å². The van der Waals surface area contributed by atoms with E-state index < -0.39 is 0 Å². The number of likely N-dealkylation sites (tertiary alicyclic amines) is 1. The van der Waals surface area contributed by atoms with Gasteiger partial charge in [-0.1, -0.05) is 62.4 Å². The molecule has 5 nitrogen and oxygen atoms in total. The molecule has 2 fully saturated rings. The number of fused-ring (bicyclic) bond motifs is 3. The molecule has 0 spiro atoms. The summed E-state index contributed by atoms with van der Waals surface area (Å²) in [5.41, 5.74) is 3.88. The fourth-order valence-corrected chi connectivity index (χ4v) is 6.65. The number of nitrogens with one attached hydrogen (secondary N) is 1. The molecule has 0 aliphatic carbocycles. The molecule has 3 heterocycles. The molecule has 1 amide bonds. The number of anilines is 1. The van der Waals surface area contributed by atoms with Crippen LogP contribution >= 0.6 is 0 Å². The maximum absolute atomic E-state index is 13.9. The van der Waals surface area contributed by atoms with Crippen LogP contribution < -0.4 is 5.32 Å². The normalized spacial score (nSPS) is 23.9. The van der Waals surface area contributed by atoms with Crippen LogP contribution in [0.25, 0.3) is 0 Å². The molecule has 3 aliphatic heterocycles. The monoisotopic (exact) mass is 502 g/mol. The Bertz CT molecular complexity index is 1000. The predicted octanol–water partition coefficient (Wildman–Crippen LogP) is 5.59. The molecule has 2 bridgehead atoms. The molecule has 200 valence electrons. The van der Waals surface area contributed by atoms with Gasteiger partial charge in [0.1, 0.15) is 0 Å². The summed E-state index contributed by atoms with van der Waals surface area (Å²) in [5.74, 6) is 1.61. The van der Waals surface area contributed by atoms with E-state index in [1.807, 2.05) is 0 Å². The van der Waals surface area contributed by atoms with Crippen molar-refractivity contribution in [2.24, 2.45) is 5.92 Å². The zero-order chi connectivity index (χ0) is 25.6. The highest BCUT2D eigenvalue weighted by atomic mass is 16.2. The summed E-state index contributed by atoms with van der Waals surface area (Å²) in [6.45, 7) is 10.9. The van der Waals surface area contributed by atoms with Gasteiger partial charge in [-0.2, -0.15) is 0 Å². The van der Waals surface area contributed by atoms with Crippen LogP contribution in [0.4, 0.5) is 5.69 Å². The molecule has 1 N–H and O–H groups in total. The third-order valence-electron chi connectivity index (χ3n) is 8.91. The number of amides is 1. The predicted molar refractivity (Wildman–Crippen MR) is 153 cm³/mol. The Morgan fingerprint density at radius 1 is 0.919 bits per heavy atom. The minimum Gasteiger partial charge on any atom is -0.385 e. The highest BCUT2D eigenvalue weighted by Crippen LogP contribution is 2.31. The molecule has 0 unspecified atom stereocenters. The van der Waals surface area contributed by atoms with Gasteiger partial charge >= 0.3 is 0 Å². The number of carbonyl (C=O) groups excluding carboxylic acids is 1. The summed E-state index contributed by atoms with van der Waals surface area (Å²) in [6, 6.07) is 20.6. The van der Waals surface area contributed by atoms with E-state index >= 15 is 0 Å². The smallest absolute Gasteiger partial charge is 0.237 e. The van der Waals surface area contributed by atoms with Gasteiger partial charge in [0.15, 0.2) is 0 Å². The van der Waals surface area contributed by atoms with Crippen molar-refractivity contribution >= 4 is 11.6 Å². The maximum Gasteiger partial charge on any atom is 0.237 e. The SMILES string of the molecule is CC(C)CCN1[C@H]2CCNc3ccccc3CN(C(=O)CN3CCC(c4ccccc4)CC3)C[C@@H]1CC2. The number of para-hydroxylation sites is 1. The zero-order valence-electron chi connectivity index (χ0n) is 22.9. The zero-order valence-corrected chi connectivity index (χ0v) is 22.9. The van der Waals surface area contributed by atoms with E-state index in [1.54, 1.807) is 0 Å². The molecule has 5 rings (SSSR count). The summed E-state index contributed by atoms with van der Waals surface area (Å²) in [6.07, 6.45) is 7.13. The number of nitrogens with zero attached hydrogens (tertiary/aromatic N) is 3. The lowest BCUT2D eigenvalue weighted by Gasteiger charge is -2.36. The number of hydrogen-bond donors (Lipinski definition) is 1. The van der Waals surface area contributed by atoms with Crippen LogP contribution in [0.5, 0.6) is 0 Å². The van der Waals surface area contributed by atoms with E-state index in [0.717, 1.165) is 45.6 Å². The summed E-state index contributed by atoms with van der Waals surface area (Å²) in [5, 5.41) is 3.72. The Morgan fingerprint density at radius 2 is 1.65 bits per heavy atom. The molecule has 2 aromatic rings. The Kier molecular flexibility index (Phi) is 8.83. The van der Waals surface area contributed by atoms with Crippen LogP contribution in [0.2, 0.25) is 0 Å². The standard InChI is InChI=1S/C32H46N4O/c1-25(2)15-21-36-29-12-13-30(36)23-35(22-28-10-6-7-11-31(28)33-18-14-29)32(37)24-34-19-16-27(17-20-34)26-8-4-3-5-9-26/h3-11,25,27,29-30,33H,12-24H2,1-2H3/t29-,30+/m1/s1. The van der Waals surface area contributed by atoms with Crippen LogP contribution in [0.3, 0.4) is 0 Å². The van der Waals surface area contributed by atoms with E-state index in [0.29, 0.717) is 42.9 Å². The molecular weight excluding hydrogens is 456 g/mol. The van der Waals surface area contributed by atoms with Crippen molar-refractivity contribution in [1.29, 1.82) is 0 Å². The fraction of sp³-hybridized carbons (Fsp3) is 0.594. The highest BCUT2D eigenvalue weighted by molar-refractivity contribution is 5.78. The quantitative estimate of drug-likeness (QED) is 0.559. The number of piperidine rings is 1. The van der Waals surface area contributed by atoms with Gasteiger partial charge in [-0.3, -0.25) is 14.6 Å². The van der Waals surface area contributed by atoms with E-state index in [1.165, 1.54) is 42.5 Å².